The monoisotopic (exact) mass is 197 g/mol. The summed E-state index contributed by atoms with van der Waals surface area (Å²) in [6, 6.07) is 0.873. The van der Waals surface area contributed by atoms with Gasteiger partial charge in [-0.25, -0.2) is 0 Å². The van der Waals surface area contributed by atoms with Gasteiger partial charge in [-0.2, -0.15) is 0 Å². The Morgan fingerprint density at radius 2 is 1.79 bits per heavy atom. The fourth-order valence-corrected chi connectivity index (χ4v) is 2.70. The Bertz CT molecular complexity index is 136. The molecule has 1 rings (SSSR count). The second-order valence-electron chi connectivity index (χ2n) is 4.74. The molecule has 0 aromatic carbocycles. The van der Waals surface area contributed by atoms with Crippen LogP contribution in [0.2, 0.25) is 0 Å². The van der Waals surface area contributed by atoms with E-state index in [1.165, 1.54) is 51.6 Å². The minimum Gasteiger partial charge on any atom is -0.300 e. The Kier molecular flexibility index (Phi) is 5.54. The molecule has 0 bridgehead atoms. The van der Waals surface area contributed by atoms with Crippen molar-refractivity contribution in [2.75, 3.05) is 13.1 Å². The van der Waals surface area contributed by atoms with Crippen molar-refractivity contribution in [3.8, 4) is 0 Å². The molecule has 1 nitrogen and oxygen atoms in total. The Morgan fingerprint density at radius 1 is 1.14 bits per heavy atom. The standard InChI is InChI=1S/C13H27N/c1-4-7-13(6-3)14-10-8-12(5-2)9-11-14/h12-13H,4-11H2,1-3H3. The number of hydrogen-bond donors (Lipinski definition) is 0. The minimum atomic E-state index is 0.873. The topological polar surface area (TPSA) is 3.24 Å². The Labute approximate surface area is 89.9 Å². The van der Waals surface area contributed by atoms with Crippen molar-refractivity contribution in [2.45, 2.75) is 65.3 Å². The van der Waals surface area contributed by atoms with E-state index in [1.807, 2.05) is 0 Å². The first-order valence-electron chi connectivity index (χ1n) is 6.55. The van der Waals surface area contributed by atoms with Gasteiger partial charge in [0.25, 0.3) is 0 Å². The zero-order chi connectivity index (χ0) is 10.4. The summed E-state index contributed by atoms with van der Waals surface area (Å²) in [5.74, 6) is 1.02. The summed E-state index contributed by atoms with van der Waals surface area (Å²) >= 11 is 0. The lowest BCUT2D eigenvalue weighted by atomic mass is 9.92. The predicted octanol–water partition coefficient (Wildman–Crippen LogP) is 3.69. The molecule has 14 heavy (non-hydrogen) atoms. The molecule has 1 aliphatic rings. The zero-order valence-electron chi connectivity index (χ0n) is 10.3. The maximum absolute atomic E-state index is 2.73. The van der Waals surface area contributed by atoms with Crippen LogP contribution in [0.15, 0.2) is 0 Å². The second kappa shape index (κ2) is 6.44. The Hall–Kier alpha value is -0.0400. The lowest BCUT2D eigenvalue weighted by molar-refractivity contribution is 0.121. The third-order valence-electron chi connectivity index (χ3n) is 3.84. The van der Waals surface area contributed by atoms with Crippen LogP contribution < -0.4 is 0 Å². The molecule has 0 N–H and O–H groups in total. The summed E-state index contributed by atoms with van der Waals surface area (Å²) in [4.78, 5) is 2.73. The molecule has 1 aliphatic heterocycles. The summed E-state index contributed by atoms with van der Waals surface area (Å²) in [5.41, 5.74) is 0. The zero-order valence-corrected chi connectivity index (χ0v) is 10.3. The van der Waals surface area contributed by atoms with Crippen molar-refractivity contribution in [1.29, 1.82) is 0 Å². The van der Waals surface area contributed by atoms with Crippen LogP contribution in [0, 0.1) is 5.92 Å². The molecule has 0 saturated carbocycles. The minimum absolute atomic E-state index is 0.873. The molecule has 1 fully saturated rings. The molecule has 1 heteroatoms. The number of piperidine rings is 1. The summed E-state index contributed by atoms with van der Waals surface area (Å²) in [7, 11) is 0. The van der Waals surface area contributed by atoms with E-state index >= 15 is 0 Å². The smallest absolute Gasteiger partial charge is 0.00925 e. The average molecular weight is 197 g/mol. The SMILES string of the molecule is CCCC(CC)N1CCC(CC)CC1. The van der Waals surface area contributed by atoms with E-state index in [4.69, 9.17) is 0 Å². The predicted molar refractivity (Wildman–Crippen MR) is 63.6 cm³/mol. The number of likely N-dealkylation sites (tertiary alicyclic amines) is 1. The normalized spacial score (nSPS) is 22.5. The van der Waals surface area contributed by atoms with Crippen molar-refractivity contribution in [3.63, 3.8) is 0 Å². The van der Waals surface area contributed by atoms with Crippen LogP contribution in [0.4, 0.5) is 0 Å². The first-order chi connectivity index (χ1) is 6.81. The van der Waals surface area contributed by atoms with Gasteiger partial charge in [-0.3, -0.25) is 0 Å². The van der Waals surface area contributed by atoms with Crippen LogP contribution in [0.5, 0.6) is 0 Å². The molecule has 84 valence electrons. The maximum atomic E-state index is 2.73. The van der Waals surface area contributed by atoms with E-state index in [2.05, 4.69) is 25.7 Å². The van der Waals surface area contributed by atoms with Gasteiger partial charge < -0.3 is 4.90 Å². The fraction of sp³-hybridized carbons (Fsp3) is 1.00. The van der Waals surface area contributed by atoms with Gasteiger partial charge in [-0.15, -0.1) is 0 Å². The van der Waals surface area contributed by atoms with Gasteiger partial charge in [-0.1, -0.05) is 33.6 Å². The number of rotatable bonds is 5. The van der Waals surface area contributed by atoms with E-state index in [0.29, 0.717) is 0 Å². The molecule has 0 radical (unpaired) electrons. The summed E-state index contributed by atoms with van der Waals surface area (Å²) in [6.45, 7) is 9.70. The molecule has 0 aliphatic carbocycles. The molecule has 1 saturated heterocycles. The van der Waals surface area contributed by atoms with E-state index in [9.17, 15) is 0 Å². The highest BCUT2D eigenvalue weighted by Crippen LogP contribution is 2.23. The molecule has 0 spiro atoms. The van der Waals surface area contributed by atoms with Crippen LogP contribution in [0.25, 0.3) is 0 Å². The van der Waals surface area contributed by atoms with Crippen LogP contribution in [0.3, 0.4) is 0 Å². The number of nitrogens with zero attached hydrogens (tertiary/aromatic N) is 1. The largest absolute Gasteiger partial charge is 0.300 e. The Morgan fingerprint density at radius 3 is 2.21 bits per heavy atom. The third kappa shape index (κ3) is 3.27. The van der Waals surface area contributed by atoms with Crippen molar-refractivity contribution < 1.29 is 0 Å². The lowest BCUT2D eigenvalue weighted by Crippen LogP contribution is -2.41. The highest BCUT2D eigenvalue weighted by molar-refractivity contribution is 4.77. The summed E-state index contributed by atoms with van der Waals surface area (Å²) < 4.78 is 0. The van der Waals surface area contributed by atoms with Gasteiger partial charge in [0.05, 0.1) is 0 Å². The number of hydrogen-bond acceptors (Lipinski definition) is 1. The van der Waals surface area contributed by atoms with Crippen molar-refractivity contribution >= 4 is 0 Å². The molecule has 1 atom stereocenters. The molecule has 0 aromatic rings. The molecule has 1 heterocycles. The summed E-state index contributed by atoms with van der Waals surface area (Å²) in [5, 5.41) is 0. The van der Waals surface area contributed by atoms with Crippen molar-refractivity contribution in [2.24, 2.45) is 5.92 Å². The maximum Gasteiger partial charge on any atom is 0.00925 e. The second-order valence-corrected chi connectivity index (χ2v) is 4.74. The fourth-order valence-electron chi connectivity index (χ4n) is 2.70. The Balaban J connectivity index is 2.31. The van der Waals surface area contributed by atoms with Gasteiger partial charge >= 0.3 is 0 Å². The third-order valence-corrected chi connectivity index (χ3v) is 3.84. The van der Waals surface area contributed by atoms with Gasteiger partial charge in [0, 0.05) is 6.04 Å². The van der Waals surface area contributed by atoms with E-state index < -0.39 is 0 Å². The highest BCUT2D eigenvalue weighted by atomic mass is 15.2. The van der Waals surface area contributed by atoms with Crippen LogP contribution in [0.1, 0.15) is 59.3 Å². The van der Waals surface area contributed by atoms with Crippen molar-refractivity contribution in [3.05, 3.63) is 0 Å². The molecule has 0 amide bonds. The quantitative estimate of drug-likeness (QED) is 0.650. The van der Waals surface area contributed by atoms with Crippen molar-refractivity contribution in [1.82, 2.24) is 4.90 Å². The first kappa shape index (κ1) is 12.0. The van der Waals surface area contributed by atoms with E-state index in [1.54, 1.807) is 0 Å². The molecular formula is C13H27N. The first-order valence-corrected chi connectivity index (χ1v) is 6.55. The molecule has 0 aromatic heterocycles. The van der Waals surface area contributed by atoms with Gasteiger partial charge in [-0.05, 0) is 44.7 Å². The van der Waals surface area contributed by atoms with Crippen LogP contribution >= 0.6 is 0 Å². The van der Waals surface area contributed by atoms with Gasteiger partial charge in [0.15, 0.2) is 0 Å². The highest BCUT2D eigenvalue weighted by Gasteiger charge is 2.22. The van der Waals surface area contributed by atoms with Crippen LogP contribution in [-0.2, 0) is 0 Å². The van der Waals surface area contributed by atoms with E-state index in [0.717, 1.165) is 12.0 Å². The van der Waals surface area contributed by atoms with E-state index in [-0.39, 0.29) is 0 Å². The van der Waals surface area contributed by atoms with Crippen LogP contribution in [-0.4, -0.2) is 24.0 Å². The molecule has 1 unspecified atom stereocenters. The van der Waals surface area contributed by atoms with Gasteiger partial charge in [0.2, 0.25) is 0 Å². The lowest BCUT2D eigenvalue weighted by Gasteiger charge is -2.37. The summed E-state index contributed by atoms with van der Waals surface area (Å²) in [6.07, 6.45) is 8.34. The van der Waals surface area contributed by atoms with Gasteiger partial charge in [0.1, 0.15) is 0 Å². The molecular weight excluding hydrogens is 170 g/mol. The average Bonchev–Trinajstić information content (AvgIpc) is 2.26.